The van der Waals surface area contributed by atoms with E-state index in [4.69, 9.17) is 0 Å². The van der Waals surface area contributed by atoms with E-state index in [2.05, 4.69) is 14.8 Å². The Morgan fingerprint density at radius 3 is 2.33 bits per heavy atom. The third kappa shape index (κ3) is 1.80. The maximum atomic E-state index is 11.1. The van der Waals surface area contributed by atoms with E-state index >= 15 is 0 Å². The highest BCUT2D eigenvalue weighted by Gasteiger charge is 2.40. The van der Waals surface area contributed by atoms with Crippen molar-refractivity contribution in [1.82, 2.24) is 5.32 Å². The summed E-state index contributed by atoms with van der Waals surface area (Å²) in [5.74, 6) is -2.67. The summed E-state index contributed by atoms with van der Waals surface area (Å²) in [6.07, 6.45) is -0.851. The minimum Gasteiger partial charge on any atom is -0.393 e. The maximum Gasteiger partial charge on any atom is 0.415 e. The van der Waals surface area contributed by atoms with E-state index in [0.29, 0.717) is 0 Å². The molecule has 2 aliphatic rings. The summed E-state index contributed by atoms with van der Waals surface area (Å²) in [5, 5.41) is 2.24. The Hall–Kier alpha value is -1.92. The summed E-state index contributed by atoms with van der Waals surface area (Å²) in [6.45, 7) is 0. The fourth-order valence-electron chi connectivity index (χ4n) is 1.53. The molecule has 0 radical (unpaired) electrons. The van der Waals surface area contributed by atoms with Gasteiger partial charge >= 0.3 is 24.0 Å². The average molecular weight is 213 g/mol. The van der Waals surface area contributed by atoms with Gasteiger partial charge < -0.3 is 14.8 Å². The molecule has 2 saturated heterocycles. The van der Waals surface area contributed by atoms with Crippen molar-refractivity contribution in [3.8, 4) is 0 Å². The summed E-state index contributed by atoms with van der Waals surface area (Å²) in [6, 6.07) is -0.860. The quantitative estimate of drug-likeness (QED) is 0.471. The van der Waals surface area contributed by atoms with Crippen molar-refractivity contribution in [2.75, 3.05) is 0 Å². The van der Waals surface area contributed by atoms with Gasteiger partial charge in [0.15, 0.2) is 0 Å². The number of alkyl carbamates (subject to hydrolysis) is 1. The lowest BCUT2D eigenvalue weighted by Crippen LogP contribution is -2.32. The van der Waals surface area contributed by atoms with Crippen LogP contribution in [0.4, 0.5) is 4.79 Å². The second kappa shape index (κ2) is 3.34. The lowest BCUT2D eigenvalue weighted by molar-refractivity contribution is -0.153. The lowest BCUT2D eigenvalue weighted by Gasteiger charge is -2.07. The van der Waals surface area contributed by atoms with Gasteiger partial charge in [0, 0.05) is 0 Å². The van der Waals surface area contributed by atoms with Gasteiger partial charge in [-0.2, -0.15) is 0 Å². The summed E-state index contributed by atoms with van der Waals surface area (Å²) in [4.78, 5) is 43.5. The molecule has 1 amide bonds. The Morgan fingerprint density at radius 1 is 1.13 bits per heavy atom. The van der Waals surface area contributed by atoms with Crippen molar-refractivity contribution in [1.29, 1.82) is 0 Å². The number of carbonyl (C=O) groups is 4. The highest BCUT2D eigenvalue weighted by molar-refractivity contribution is 5.97. The molecule has 0 spiro atoms. The lowest BCUT2D eigenvalue weighted by atomic mass is 9.99. The number of hydrogen-bond donors (Lipinski definition) is 1. The van der Waals surface area contributed by atoms with Gasteiger partial charge in [-0.25, -0.2) is 9.59 Å². The van der Waals surface area contributed by atoms with E-state index in [1.54, 1.807) is 0 Å². The Morgan fingerprint density at radius 2 is 1.87 bits per heavy atom. The Balaban J connectivity index is 1.98. The molecule has 1 N–H and O–H groups in total. The van der Waals surface area contributed by atoms with Crippen molar-refractivity contribution in [2.24, 2.45) is 5.92 Å². The number of ether oxygens (including phenoxy) is 2. The molecule has 2 unspecified atom stereocenters. The highest BCUT2D eigenvalue weighted by Crippen LogP contribution is 2.22. The van der Waals surface area contributed by atoms with Crippen molar-refractivity contribution < 1.29 is 28.7 Å². The van der Waals surface area contributed by atoms with Crippen LogP contribution in [-0.2, 0) is 23.9 Å². The summed E-state index contributed by atoms with van der Waals surface area (Å²) >= 11 is 0. The summed E-state index contributed by atoms with van der Waals surface area (Å²) in [5.41, 5.74) is 0. The molecule has 0 saturated carbocycles. The van der Waals surface area contributed by atoms with Crippen LogP contribution in [0.2, 0.25) is 0 Å². The molecule has 2 atom stereocenters. The molecule has 2 aliphatic heterocycles. The van der Waals surface area contributed by atoms with Crippen LogP contribution in [0.15, 0.2) is 0 Å². The molecule has 2 rings (SSSR count). The summed E-state index contributed by atoms with van der Waals surface area (Å²) in [7, 11) is 0. The van der Waals surface area contributed by atoms with Gasteiger partial charge in [0.2, 0.25) is 0 Å². The van der Waals surface area contributed by atoms with Gasteiger partial charge in [0.05, 0.1) is 12.3 Å². The first kappa shape index (κ1) is 9.63. The van der Waals surface area contributed by atoms with Crippen LogP contribution >= 0.6 is 0 Å². The minimum absolute atomic E-state index is 0.0369. The fourth-order valence-corrected chi connectivity index (χ4v) is 1.53. The molecular formula is C8H7NO6. The number of carbonyl (C=O) groups excluding carboxylic acids is 4. The number of rotatable bonds is 2. The minimum atomic E-state index is -0.860. The molecule has 7 nitrogen and oxygen atoms in total. The van der Waals surface area contributed by atoms with Crippen LogP contribution in [0.25, 0.3) is 0 Å². The predicted octanol–water partition coefficient (Wildman–Crippen LogP) is -0.899. The first-order valence-corrected chi connectivity index (χ1v) is 4.33. The summed E-state index contributed by atoms with van der Waals surface area (Å²) < 4.78 is 8.52. The van der Waals surface area contributed by atoms with E-state index in [0.717, 1.165) is 0 Å². The van der Waals surface area contributed by atoms with Crippen molar-refractivity contribution in [3.05, 3.63) is 0 Å². The van der Waals surface area contributed by atoms with Gasteiger partial charge in [-0.05, 0) is 6.42 Å². The molecule has 0 aromatic carbocycles. The third-order valence-corrected chi connectivity index (χ3v) is 2.25. The number of nitrogens with one attached hydrogen (secondary N) is 1. The van der Waals surface area contributed by atoms with E-state index in [1.807, 2.05) is 0 Å². The SMILES string of the molecule is O=C1CC(CC2NC(=O)OC2=O)C(=O)O1. The Kier molecular flexibility index (Phi) is 2.14. The van der Waals surface area contributed by atoms with Gasteiger partial charge in [0.1, 0.15) is 6.04 Å². The zero-order valence-corrected chi connectivity index (χ0v) is 7.52. The van der Waals surface area contributed by atoms with Crippen molar-refractivity contribution in [2.45, 2.75) is 18.9 Å². The topological polar surface area (TPSA) is 98.8 Å². The number of cyclic esters (lactones) is 4. The number of amides is 1. The molecule has 7 heteroatoms. The van der Waals surface area contributed by atoms with Crippen LogP contribution in [0.1, 0.15) is 12.8 Å². The monoisotopic (exact) mass is 213 g/mol. The molecular weight excluding hydrogens is 206 g/mol. The highest BCUT2D eigenvalue weighted by atomic mass is 16.6. The number of esters is 3. The van der Waals surface area contributed by atoms with Crippen molar-refractivity contribution >= 4 is 24.0 Å². The second-order valence-corrected chi connectivity index (χ2v) is 3.34. The molecule has 0 aliphatic carbocycles. The second-order valence-electron chi connectivity index (χ2n) is 3.34. The van der Waals surface area contributed by atoms with Crippen LogP contribution in [-0.4, -0.2) is 30.0 Å². The van der Waals surface area contributed by atoms with Gasteiger partial charge in [-0.1, -0.05) is 0 Å². The Bertz CT molecular complexity index is 328. The first-order valence-electron chi connectivity index (χ1n) is 4.33. The molecule has 15 heavy (non-hydrogen) atoms. The molecule has 2 fully saturated rings. The molecule has 2 heterocycles. The molecule has 0 bridgehead atoms. The number of hydrogen-bond acceptors (Lipinski definition) is 6. The van der Waals surface area contributed by atoms with Gasteiger partial charge in [-0.15, -0.1) is 0 Å². The maximum absolute atomic E-state index is 11.1. The van der Waals surface area contributed by atoms with Crippen LogP contribution in [0.5, 0.6) is 0 Å². The zero-order valence-electron chi connectivity index (χ0n) is 7.52. The smallest absolute Gasteiger partial charge is 0.393 e. The molecule has 80 valence electrons. The largest absolute Gasteiger partial charge is 0.415 e. The molecule has 0 aromatic rings. The standard InChI is InChI=1S/C8H7NO6/c10-5-2-3(6(11)14-5)1-4-7(12)15-8(13)9-4/h3-4H,1-2H2,(H,9,13). The van der Waals surface area contributed by atoms with Crippen LogP contribution < -0.4 is 5.32 Å². The zero-order chi connectivity index (χ0) is 11.0. The van der Waals surface area contributed by atoms with E-state index in [9.17, 15) is 19.2 Å². The predicted molar refractivity (Wildman–Crippen MR) is 42.2 cm³/mol. The average Bonchev–Trinajstić information content (AvgIpc) is 2.58. The Labute approximate surface area is 83.7 Å². The van der Waals surface area contributed by atoms with Gasteiger partial charge in [-0.3, -0.25) is 9.59 Å². The van der Waals surface area contributed by atoms with Crippen molar-refractivity contribution in [3.63, 3.8) is 0 Å². The first-order chi connectivity index (χ1) is 7.06. The van der Waals surface area contributed by atoms with E-state index < -0.39 is 36.0 Å². The molecule has 0 aromatic heterocycles. The fraction of sp³-hybridized carbons (Fsp3) is 0.500. The van der Waals surface area contributed by atoms with Crippen LogP contribution in [0.3, 0.4) is 0 Å². The van der Waals surface area contributed by atoms with E-state index in [1.165, 1.54) is 0 Å². The van der Waals surface area contributed by atoms with E-state index in [-0.39, 0.29) is 12.8 Å². The third-order valence-electron chi connectivity index (χ3n) is 2.25. The normalized spacial score (nSPS) is 30.1. The van der Waals surface area contributed by atoms with Crippen LogP contribution in [0, 0.1) is 5.92 Å². The van der Waals surface area contributed by atoms with Gasteiger partial charge in [0.25, 0.3) is 0 Å².